The number of carbonyl (C=O) groups excluding carboxylic acids is 2. The van der Waals surface area contributed by atoms with E-state index in [4.69, 9.17) is 0 Å². The van der Waals surface area contributed by atoms with Crippen molar-refractivity contribution in [3.05, 3.63) is 89.3 Å². The molecule has 1 aliphatic rings. The van der Waals surface area contributed by atoms with Crippen LogP contribution in [0.3, 0.4) is 0 Å². The van der Waals surface area contributed by atoms with Gasteiger partial charge in [0.25, 0.3) is 0 Å². The second-order valence-electron chi connectivity index (χ2n) is 10.6. The van der Waals surface area contributed by atoms with Gasteiger partial charge in [-0.2, -0.15) is 0 Å². The minimum atomic E-state index is -0.619. The molecule has 1 aromatic heterocycles. The Balaban J connectivity index is 1.65. The first-order valence-electron chi connectivity index (χ1n) is 13.7. The van der Waals surface area contributed by atoms with E-state index in [9.17, 15) is 9.59 Å². The van der Waals surface area contributed by atoms with E-state index in [1.807, 2.05) is 94.4 Å². The zero-order valence-corrected chi connectivity index (χ0v) is 24.9. The zero-order valence-electron chi connectivity index (χ0n) is 24.1. The fourth-order valence-corrected chi connectivity index (χ4v) is 5.89. The maximum absolute atomic E-state index is 14.0. The number of aryl methyl sites for hydroxylation is 3. The van der Waals surface area contributed by atoms with Crippen LogP contribution >= 0.6 is 11.8 Å². The van der Waals surface area contributed by atoms with Crippen LogP contribution in [-0.4, -0.2) is 52.6 Å². The third-order valence-corrected chi connectivity index (χ3v) is 8.05. The van der Waals surface area contributed by atoms with Crippen molar-refractivity contribution in [3.63, 3.8) is 0 Å². The molecule has 0 fully saturated rings. The summed E-state index contributed by atoms with van der Waals surface area (Å²) >= 11 is 1.32. The molecule has 0 saturated heterocycles. The molecule has 1 heterocycles. The molecule has 7 nitrogen and oxygen atoms in total. The highest BCUT2D eigenvalue weighted by atomic mass is 32.2. The molecular formula is C32H39N5O2S. The number of benzene rings is 2. The molecule has 4 rings (SSSR count). The summed E-state index contributed by atoms with van der Waals surface area (Å²) in [4.78, 5) is 40.8. The van der Waals surface area contributed by atoms with Gasteiger partial charge in [0.05, 0.1) is 5.75 Å². The van der Waals surface area contributed by atoms with Crippen molar-refractivity contribution in [2.45, 2.75) is 57.8 Å². The standard InChI is InChI=1S/C32H39N5O2S/c1-22-11-9-10-14-26(22)20-37(29(38)21-40-32-33-23(2)19-24(3)34-32)30(25-12-7-6-8-13-25)31(39)35-27-15-17-28(18-16-27)36(4)5/h6-7,9-11,14-19,25,30H,8,12-13,20-21H2,1-5H3,(H,35,39)/t25-,30-/m1/s1. The predicted molar refractivity (Wildman–Crippen MR) is 164 cm³/mol. The van der Waals surface area contributed by atoms with Crippen molar-refractivity contribution in [1.82, 2.24) is 14.9 Å². The minimum Gasteiger partial charge on any atom is -0.378 e. The number of thioether (sulfide) groups is 1. The number of aromatic nitrogens is 2. The van der Waals surface area contributed by atoms with Gasteiger partial charge in [-0.25, -0.2) is 9.97 Å². The maximum atomic E-state index is 14.0. The van der Waals surface area contributed by atoms with Gasteiger partial charge in [-0.1, -0.05) is 48.2 Å². The maximum Gasteiger partial charge on any atom is 0.247 e. The SMILES string of the molecule is Cc1cc(C)nc(SCC(=O)N(Cc2ccccc2C)[C@@H](C(=O)Nc2ccc(N(C)C)cc2)[C@@H]2CC=CCC2)n1. The van der Waals surface area contributed by atoms with E-state index >= 15 is 0 Å². The number of rotatable bonds is 10. The molecule has 0 bridgehead atoms. The van der Waals surface area contributed by atoms with Gasteiger partial charge in [-0.05, 0) is 87.4 Å². The quantitative estimate of drug-likeness (QED) is 0.189. The average molecular weight is 558 g/mol. The van der Waals surface area contributed by atoms with Crippen molar-refractivity contribution in [2.24, 2.45) is 5.92 Å². The Morgan fingerprint density at radius 2 is 1.70 bits per heavy atom. The molecule has 0 aliphatic heterocycles. The fraction of sp³-hybridized carbons (Fsp3) is 0.375. The largest absolute Gasteiger partial charge is 0.378 e. The molecule has 2 amide bonds. The van der Waals surface area contributed by atoms with Crippen molar-refractivity contribution >= 4 is 35.0 Å². The molecule has 0 spiro atoms. The van der Waals surface area contributed by atoms with Crippen LogP contribution in [0.1, 0.15) is 41.8 Å². The molecule has 0 radical (unpaired) electrons. The van der Waals surface area contributed by atoms with E-state index in [0.717, 1.165) is 47.5 Å². The van der Waals surface area contributed by atoms with E-state index < -0.39 is 6.04 Å². The highest BCUT2D eigenvalue weighted by Gasteiger charge is 2.36. The number of nitrogens with one attached hydrogen (secondary N) is 1. The summed E-state index contributed by atoms with van der Waals surface area (Å²) < 4.78 is 0. The summed E-state index contributed by atoms with van der Waals surface area (Å²) in [7, 11) is 3.97. The first-order chi connectivity index (χ1) is 19.2. The Bertz CT molecular complexity index is 1340. The molecule has 3 aromatic rings. The number of amides is 2. The Labute approximate surface area is 242 Å². The molecule has 0 saturated carbocycles. The van der Waals surface area contributed by atoms with E-state index in [-0.39, 0.29) is 23.5 Å². The van der Waals surface area contributed by atoms with E-state index in [0.29, 0.717) is 17.4 Å². The Morgan fingerprint density at radius 1 is 1.00 bits per heavy atom. The van der Waals surface area contributed by atoms with Gasteiger partial charge < -0.3 is 15.1 Å². The lowest BCUT2D eigenvalue weighted by Gasteiger charge is -2.37. The van der Waals surface area contributed by atoms with Gasteiger partial charge >= 0.3 is 0 Å². The fourth-order valence-electron chi connectivity index (χ4n) is 5.05. The highest BCUT2D eigenvalue weighted by Crippen LogP contribution is 2.29. The lowest BCUT2D eigenvalue weighted by atomic mass is 9.85. The molecule has 8 heteroatoms. The monoisotopic (exact) mass is 557 g/mol. The molecule has 210 valence electrons. The second-order valence-corrected chi connectivity index (χ2v) is 11.5. The Morgan fingerprint density at radius 3 is 2.33 bits per heavy atom. The van der Waals surface area contributed by atoms with Crippen LogP contribution in [0.5, 0.6) is 0 Å². The van der Waals surface area contributed by atoms with Gasteiger partial charge in [0.1, 0.15) is 6.04 Å². The smallest absolute Gasteiger partial charge is 0.247 e. The van der Waals surface area contributed by atoms with Gasteiger partial charge in [0.2, 0.25) is 11.8 Å². The van der Waals surface area contributed by atoms with Crippen LogP contribution in [0.15, 0.2) is 71.9 Å². The normalized spacial score (nSPS) is 15.4. The zero-order chi connectivity index (χ0) is 28.6. The molecule has 1 aliphatic carbocycles. The van der Waals surface area contributed by atoms with E-state index in [1.165, 1.54) is 11.8 Å². The van der Waals surface area contributed by atoms with Crippen molar-refractivity contribution < 1.29 is 9.59 Å². The Kier molecular flexibility index (Phi) is 9.98. The summed E-state index contributed by atoms with van der Waals surface area (Å²) in [6.07, 6.45) is 6.78. The third-order valence-electron chi connectivity index (χ3n) is 7.22. The van der Waals surface area contributed by atoms with Crippen molar-refractivity contribution in [2.75, 3.05) is 30.1 Å². The summed E-state index contributed by atoms with van der Waals surface area (Å²) in [5.41, 5.74) is 5.62. The lowest BCUT2D eigenvalue weighted by molar-refractivity contribution is -0.139. The second kappa shape index (κ2) is 13.6. The molecule has 2 aromatic carbocycles. The van der Waals surface area contributed by atoms with E-state index in [1.54, 1.807) is 4.90 Å². The van der Waals surface area contributed by atoms with Crippen LogP contribution in [0, 0.1) is 26.7 Å². The number of allylic oxidation sites excluding steroid dienone is 2. The van der Waals surface area contributed by atoms with Gasteiger partial charge in [0, 0.05) is 43.4 Å². The summed E-state index contributed by atoms with van der Waals surface area (Å²) in [5, 5.41) is 3.70. The highest BCUT2D eigenvalue weighted by molar-refractivity contribution is 7.99. The van der Waals surface area contributed by atoms with Crippen LogP contribution in [0.25, 0.3) is 0 Å². The number of hydrogen-bond acceptors (Lipinski definition) is 6. The van der Waals surface area contributed by atoms with Crippen LogP contribution in [0.2, 0.25) is 0 Å². The first kappa shape index (κ1) is 29.3. The summed E-state index contributed by atoms with van der Waals surface area (Å²) in [5.74, 6) is -0.0961. The molecule has 0 unspecified atom stereocenters. The van der Waals surface area contributed by atoms with Gasteiger partial charge in [-0.15, -0.1) is 0 Å². The van der Waals surface area contributed by atoms with E-state index in [2.05, 4.69) is 27.4 Å². The molecule has 2 atom stereocenters. The predicted octanol–water partition coefficient (Wildman–Crippen LogP) is 5.95. The first-order valence-corrected chi connectivity index (χ1v) is 14.7. The number of anilines is 2. The number of nitrogens with zero attached hydrogens (tertiary/aromatic N) is 4. The molecule has 40 heavy (non-hydrogen) atoms. The van der Waals surface area contributed by atoms with Crippen LogP contribution in [-0.2, 0) is 16.1 Å². The molecule has 1 N–H and O–H groups in total. The topological polar surface area (TPSA) is 78.4 Å². The number of hydrogen-bond donors (Lipinski definition) is 1. The average Bonchev–Trinajstić information content (AvgIpc) is 2.93. The number of carbonyl (C=O) groups is 2. The van der Waals surface area contributed by atoms with Gasteiger partial charge in [0.15, 0.2) is 5.16 Å². The van der Waals surface area contributed by atoms with Crippen LogP contribution < -0.4 is 10.2 Å². The summed E-state index contributed by atoms with van der Waals surface area (Å²) in [6, 6.07) is 17.1. The van der Waals surface area contributed by atoms with Crippen LogP contribution in [0.4, 0.5) is 11.4 Å². The minimum absolute atomic E-state index is 0.0153. The summed E-state index contributed by atoms with van der Waals surface area (Å²) in [6.45, 7) is 6.25. The lowest BCUT2D eigenvalue weighted by Crippen LogP contribution is -2.52. The van der Waals surface area contributed by atoms with Crippen molar-refractivity contribution in [3.8, 4) is 0 Å². The van der Waals surface area contributed by atoms with Crippen molar-refractivity contribution in [1.29, 1.82) is 0 Å². The molecular weight excluding hydrogens is 518 g/mol. The van der Waals surface area contributed by atoms with Gasteiger partial charge in [-0.3, -0.25) is 9.59 Å². The third kappa shape index (κ3) is 7.72. The Hall–Kier alpha value is -3.65.